The predicted molar refractivity (Wildman–Crippen MR) is 200 cm³/mol. The maximum atomic E-state index is 14.1. The number of para-hydroxylation sites is 1. The quantitative estimate of drug-likeness (QED) is 0.204. The number of carbonyl (C=O) groups is 3. The van der Waals surface area contributed by atoms with Gasteiger partial charge in [0.2, 0.25) is 11.8 Å². The maximum Gasteiger partial charge on any atom is 0.357 e. The molecule has 0 spiro atoms. The van der Waals surface area contributed by atoms with Crippen LogP contribution in [0.1, 0.15) is 46.3 Å². The van der Waals surface area contributed by atoms with Crippen molar-refractivity contribution in [1.29, 1.82) is 0 Å². The molecule has 3 saturated heterocycles. The number of fused-ring (bicyclic) bond motifs is 5. The number of phenolic OH excluding ortho intramolecular Hbond substituents is 1. The highest BCUT2D eigenvalue weighted by molar-refractivity contribution is 6.05. The lowest BCUT2D eigenvalue weighted by atomic mass is 10.0. The number of hydrogen-bond donors (Lipinski definition) is 3. The van der Waals surface area contributed by atoms with Crippen LogP contribution in [0.5, 0.6) is 5.75 Å². The highest BCUT2D eigenvalue weighted by atomic mass is 19.1. The Kier molecular flexibility index (Phi) is 7.83. The third kappa shape index (κ3) is 5.75. The number of hydrogen-bond acceptors (Lipinski definition) is 12. The summed E-state index contributed by atoms with van der Waals surface area (Å²) in [6, 6.07) is 13.9. The predicted octanol–water partition coefficient (Wildman–Crippen LogP) is 2.60. The summed E-state index contributed by atoms with van der Waals surface area (Å²) in [5.41, 5.74) is 7.23. The fourth-order valence-corrected chi connectivity index (χ4v) is 8.63. The minimum Gasteiger partial charge on any atom is -0.504 e. The van der Waals surface area contributed by atoms with Gasteiger partial charge in [0.05, 0.1) is 35.7 Å². The molecule has 0 saturated carbocycles. The van der Waals surface area contributed by atoms with Crippen molar-refractivity contribution in [3.05, 3.63) is 82.8 Å². The van der Waals surface area contributed by atoms with E-state index in [9.17, 15) is 23.9 Å². The minimum atomic E-state index is -0.706. The second-order valence-corrected chi connectivity index (χ2v) is 14.8. The Morgan fingerprint density at radius 3 is 2.69 bits per heavy atom. The molecule has 0 bridgehead atoms. The summed E-state index contributed by atoms with van der Waals surface area (Å²) in [6.45, 7) is 5.74. The molecule has 2 atom stereocenters. The number of hydrazone groups is 1. The molecule has 3 fully saturated rings. The second kappa shape index (κ2) is 12.9. The average Bonchev–Trinajstić information content (AvgIpc) is 3.91. The van der Waals surface area contributed by atoms with Crippen LogP contribution in [0.2, 0.25) is 0 Å². The van der Waals surface area contributed by atoms with Crippen molar-refractivity contribution in [2.45, 2.75) is 44.4 Å². The molecule has 15 nitrogen and oxygen atoms in total. The van der Waals surface area contributed by atoms with Crippen molar-refractivity contribution in [2.75, 3.05) is 54.4 Å². The molecule has 10 rings (SSSR count). The number of aromatic nitrogens is 3. The summed E-state index contributed by atoms with van der Waals surface area (Å²) in [7, 11) is 0. The molecule has 0 aliphatic carbocycles. The highest BCUT2D eigenvalue weighted by Gasteiger charge is 2.41. The van der Waals surface area contributed by atoms with Crippen LogP contribution < -0.4 is 20.4 Å². The van der Waals surface area contributed by atoms with E-state index in [-0.39, 0.29) is 24.3 Å². The lowest BCUT2D eigenvalue weighted by molar-refractivity contribution is -0.446. The zero-order chi connectivity index (χ0) is 37.4. The number of phenols is 1. The lowest BCUT2D eigenvalue weighted by Crippen LogP contribution is -2.52. The number of halogens is 1. The van der Waals surface area contributed by atoms with E-state index in [1.807, 2.05) is 35.3 Å². The van der Waals surface area contributed by atoms with Crippen molar-refractivity contribution in [2.24, 2.45) is 5.10 Å². The number of piperidine rings is 1. The number of amides is 3. The van der Waals surface area contributed by atoms with Gasteiger partial charge in [0.1, 0.15) is 18.0 Å². The van der Waals surface area contributed by atoms with Crippen molar-refractivity contribution >= 4 is 52.7 Å². The first kappa shape index (κ1) is 33.3. The van der Waals surface area contributed by atoms with Gasteiger partial charge in [-0.25, -0.2) is 4.39 Å². The topological polar surface area (TPSA) is 162 Å². The molecule has 3 amide bonds. The first-order valence-corrected chi connectivity index (χ1v) is 18.6. The maximum absolute atomic E-state index is 14.1. The molecule has 55 heavy (non-hydrogen) atoms. The average molecular weight is 743 g/mol. The van der Waals surface area contributed by atoms with Crippen LogP contribution in [0, 0.1) is 5.82 Å². The minimum absolute atomic E-state index is 0.155. The molecule has 16 heteroatoms. The second-order valence-electron chi connectivity index (χ2n) is 14.8. The van der Waals surface area contributed by atoms with Crippen LogP contribution in [-0.4, -0.2) is 116 Å². The number of benzene rings is 2. The monoisotopic (exact) mass is 742 g/mol. The molecule has 2 aromatic heterocycles. The summed E-state index contributed by atoms with van der Waals surface area (Å²) in [6.07, 6.45) is 5.16. The van der Waals surface area contributed by atoms with Crippen molar-refractivity contribution < 1.29 is 28.6 Å². The van der Waals surface area contributed by atoms with Crippen molar-refractivity contribution in [1.82, 2.24) is 30.3 Å². The van der Waals surface area contributed by atoms with E-state index in [0.29, 0.717) is 48.7 Å². The molecule has 6 aliphatic rings. The van der Waals surface area contributed by atoms with Gasteiger partial charge in [-0.2, -0.15) is 0 Å². The smallest absolute Gasteiger partial charge is 0.357 e. The largest absolute Gasteiger partial charge is 0.504 e. The van der Waals surface area contributed by atoms with E-state index in [4.69, 9.17) is 10.1 Å². The molecule has 0 radical (unpaired) electrons. The van der Waals surface area contributed by atoms with E-state index >= 15 is 0 Å². The van der Waals surface area contributed by atoms with E-state index in [1.165, 1.54) is 6.07 Å². The van der Waals surface area contributed by atoms with Crippen LogP contribution in [0.25, 0.3) is 11.3 Å². The molecule has 1 unspecified atom stereocenters. The van der Waals surface area contributed by atoms with E-state index in [1.54, 1.807) is 17.0 Å². The Balaban J connectivity index is 0.789. The zero-order valence-electron chi connectivity index (χ0n) is 29.8. The number of pyridine rings is 1. The highest BCUT2D eigenvalue weighted by Crippen LogP contribution is 2.39. The fraction of sp³-hybridized carbons (Fsp3) is 0.333. The number of carbonyl (C=O) groups excluding carboxylic acids is 3. The number of aromatic hydroxyl groups is 1. The van der Waals surface area contributed by atoms with Crippen molar-refractivity contribution in [3.8, 4) is 17.0 Å². The molecular formula is C39H37FN11O4+. The molecule has 2 aromatic carbocycles. The third-order valence-electron chi connectivity index (χ3n) is 11.5. The summed E-state index contributed by atoms with van der Waals surface area (Å²) < 4.78 is 16.1. The van der Waals surface area contributed by atoms with Crippen LogP contribution in [0.3, 0.4) is 0 Å². The Morgan fingerprint density at radius 1 is 0.964 bits per heavy atom. The lowest BCUT2D eigenvalue weighted by Gasteiger charge is -2.36. The number of nitrogens with one attached hydrogen (secondary N) is 2. The van der Waals surface area contributed by atoms with Crippen LogP contribution >= 0.6 is 0 Å². The Hall–Kier alpha value is -6.29. The number of piperazine rings is 1. The van der Waals surface area contributed by atoms with Gasteiger partial charge in [-0.1, -0.05) is 17.2 Å². The Labute approximate surface area is 314 Å². The SMILES string of the molecule is O=C1CC[C@H](N2Cc3ccc(N4CCN(Cc5cnc6c(c5)C=N/[N+]6=C5/CC6CNc7nnc(-c8cccc(F)c8O)cc7N6C5)CC4)cc3C2=O)C(=O)N1. The summed E-state index contributed by atoms with van der Waals surface area (Å²) >= 11 is 0. The first-order valence-electron chi connectivity index (χ1n) is 18.6. The van der Waals surface area contributed by atoms with Crippen LogP contribution in [-0.2, 0) is 22.7 Å². The normalized spacial score (nSPS) is 23.1. The van der Waals surface area contributed by atoms with Gasteiger partial charge < -0.3 is 25.1 Å². The van der Waals surface area contributed by atoms with Gasteiger partial charge in [-0.15, -0.1) is 14.9 Å². The summed E-state index contributed by atoms with van der Waals surface area (Å²) in [5, 5.41) is 29.4. The van der Waals surface area contributed by atoms with Gasteiger partial charge in [0, 0.05) is 81.0 Å². The summed E-state index contributed by atoms with van der Waals surface area (Å²) in [5.74, 6) is -0.553. The Bertz CT molecular complexity index is 2380. The van der Waals surface area contributed by atoms with Gasteiger partial charge in [-0.05, 0) is 53.4 Å². The van der Waals surface area contributed by atoms with Gasteiger partial charge in [-0.3, -0.25) is 24.6 Å². The standard InChI is InChI=1S/C39H36FN11O4/c40-30-3-1-2-28(35(30)53)31-15-33-36(46-45-31)41-18-26-13-27(21-49(26)33)51-37-24(17-43-51)12-22(16-42-37)19-47-8-10-48(11-9-47)25-5-4-23-20-50(39(55)29(23)14-25)32-6-7-34(52)44-38(32)54/h1-5,12,14-17,26,32H,6-11,13,18-21H2,(H2-,41,44,45,46,52,53,54)/p+1/b51-27-/t26?,32-/m0/s1. The van der Waals surface area contributed by atoms with E-state index in [2.05, 4.69) is 47.7 Å². The summed E-state index contributed by atoms with van der Waals surface area (Å²) in [4.78, 5) is 50.9. The van der Waals surface area contributed by atoms with E-state index < -0.39 is 23.5 Å². The molecule has 8 heterocycles. The van der Waals surface area contributed by atoms with Crippen LogP contribution in [0.15, 0.2) is 59.8 Å². The Morgan fingerprint density at radius 2 is 1.84 bits per heavy atom. The molecule has 6 aliphatic heterocycles. The number of rotatable bonds is 5. The third-order valence-corrected chi connectivity index (χ3v) is 11.5. The number of imide groups is 1. The number of nitrogens with zero attached hydrogens (tertiary/aromatic N) is 9. The molecular weight excluding hydrogens is 706 g/mol. The zero-order valence-corrected chi connectivity index (χ0v) is 29.8. The molecule has 278 valence electrons. The van der Waals surface area contributed by atoms with E-state index in [0.717, 1.165) is 78.7 Å². The fourth-order valence-electron chi connectivity index (χ4n) is 8.63. The van der Waals surface area contributed by atoms with Crippen LogP contribution in [0.4, 0.5) is 27.4 Å². The number of anilines is 3. The molecule has 4 aromatic rings. The van der Waals surface area contributed by atoms with Gasteiger partial charge in [0.25, 0.3) is 5.91 Å². The molecule has 3 N–H and O–H groups in total. The van der Waals surface area contributed by atoms with Gasteiger partial charge >= 0.3 is 5.82 Å². The first-order chi connectivity index (χ1) is 26.8. The van der Waals surface area contributed by atoms with Crippen molar-refractivity contribution in [3.63, 3.8) is 0 Å². The van der Waals surface area contributed by atoms with Gasteiger partial charge in [0.15, 0.2) is 17.4 Å².